The van der Waals surface area contributed by atoms with Crippen LogP contribution >= 0.6 is 11.6 Å². The van der Waals surface area contributed by atoms with Gasteiger partial charge in [-0.2, -0.15) is 0 Å². The van der Waals surface area contributed by atoms with E-state index in [9.17, 15) is 4.79 Å². The minimum absolute atomic E-state index is 0.125. The number of hydrogen-bond acceptors (Lipinski definition) is 3. The van der Waals surface area contributed by atoms with Crippen molar-refractivity contribution in [2.24, 2.45) is 0 Å². The second-order valence-electron chi connectivity index (χ2n) is 5.50. The summed E-state index contributed by atoms with van der Waals surface area (Å²) in [6.45, 7) is 4.77. The van der Waals surface area contributed by atoms with E-state index in [1.807, 2.05) is 49.4 Å². The molecule has 0 saturated carbocycles. The Hall–Kier alpha value is -2.04. The molecule has 1 amide bonds. The number of anilines is 2. The van der Waals surface area contributed by atoms with Gasteiger partial charge in [-0.15, -0.1) is 0 Å². The standard InChI is InChI=1S/C18H19ClN2O2/c1-13-5-2-3-6-14(13)18(22)20-16-8-4-7-15(19)17(16)21-9-11-23-12-10-21/h2-8H,9-12H2,1H3,(H,20,22). The number of carbonyl (C=O) groups is 1. The van der Waals surface area contributed by atoms with Gasteiger partial charge in [0.2, 0.25) is 0 Å². The smallest absolute Gasteiger partial charge is 0.255 e. The van der Waals surface area contributed by atoms with Gasteiger partial charge < -0.3 is 15.0 Å². The molecule has 3 rings (SSSR count). The van der Waals surface area contributed by atoms with Crippen molar-refractivity contribution < 1.29 is 9.53 Å². The van der Waals surface area contributed by atoms with Gasteiger partial charge in [-0.1, -0.05) is 35.9 Å². The molecular formula is C18H19ClN2O2. The maximum absolute atomic E-state index is 12.6. The Balaban J connectivity index is 1.89. The second kappa shape index (κ2) is 7.02. The number of hydrogen-bond donors (Lipinski definition) is 1. The van der Waals surface area contributed by atoms with E-state index < -0.39 is 0 Å². The van der Waals surface area contributed by atoms with E-state index in [1.54, 1.807) is 0 Å². The summed E-state index contributed by atoms with van der Waals surface area (Å²) in [5, 5.41) is 3.63. The summed E-state index contributed by atoms with van der Waals surface area (Å²) in [7, 11) is 0. The number of aryl methyl sites for hydroxylation is 1. The highest BCUT2D eigenvalue weighted by atomic mass is 35.5. The number of halogens is 1. The van der Waals surface area contributed by atoms with Gasteiger partial charge in [0, 0.05) is 18.7 Å². The molecule has 1 heterocycles. The molecule has 4 nitrogen and oxygen atoms in total. The molecule has 0 aromatic heterocycles. The van der Waals surface area contributed by atoms with Crippen LogP contribution in [0.1, 0.15) is 15.9 Å². The third kappa shape index (κ3) is 3.49. The maximum Gasteiger partial charge on any atom is 0.255 e. The van der Waals surface area contributed by atoms with Crippen molar-refractivity contribution in [1.82, 2.24) is 0 Å². The Labute approximate surface area is 141 Å². The van der Waals surface area contributed by atoms with E-state index in [2.05, 4.69) is 10.2 Å². The first kappa shape index (κ1) is 15.8. The lowest BCUT2D eigenvalue weighted by Crippen LogP contribution is -2.37. The minimum Gasteiger partial charge on any atom is -0.378 e. The highest BCUT2D eigenvalue weighted by molar-refractivity contribution is 6.34. The molecule has 5 heteroatoms. The van der Waals surface area contributed by atoms with Crippen LogP contribution < -0.4 is 10.2 Å². The molecule has 0 aliphatic carbocycles. The van der Waals surface area contributed by atoms with E-state index in [0.717, 1.165) is 30.0 Å². The number of carbonyl (C=O) groups excluding carboxylic acids is 1. The molecule has 23 heavy (non-hydrogen) atoms. The Morgan fingerprint density at radius 1 is 1.13 bits per heavy atom. The van der Waals surface area contributed by atoms with Gasteiger partial charge in [0.25, 0.3) is 5.91 Å². The van der Waals surface area contributed by atoms with Gasteiger partial charge in [0.05, 0.1) is 29.6 Å². The molecule has 0 radical (unpaired) electrons. The molecule has 0 bridgehead atoms. The molecule has 2 aromatic carbocycles. The summed E-state index contributed by atoms with van der Waals surface area (Å²) >= 11 is 6.39. The normalized spacial score (nSPS) is 14.6. The molecule has 0 atom stereocenters. The highest BCUT2D eigenvalue weighted by Gasteiger charge is 2.19. The molecule has 1 N–H and O–H groups in total. The summed E-state index contributed by atoms with van der Waals surface area (Å²) < 4.78 is 5.39. The number of nitrogens with zero attached hydrogens (tertiary/aromatic N) is 1. The molecule has 1 saturated heterocycles. The van der Waals surface area contributed by atoms with Crippen LogP contribution in [0.3, 0.4) is 0 Å². The van der Waals surface area contributed by atoms with Crippen LogP contribution in [0, 0.1) is 6.92 Å². The van der Waals surface area contributed by atoms with Gasteiger partial charge in [-0.3, -0.25) is 4.79 Å². The fourth-order valence-electron chi connectivity index (χ4n) is 2.74. The van der Waals surface area contributed by atoms with Crippen molar-refractivity contribution in [3.8, 4) is 0 Å². The van der Waals surface area contributed by atoms with Gasteiger partial charge in [0.1, 0.15) is 0 Å². The molecule has 0 unspecified atom stereocenters. The second-order valence-corrected chi connectivity index (χ2v) is 5.91. The molecule has 1 fully saturated rings. The van der Waals surface area contributed by atoms with E-state index >= 15 is 0 Å². The van der Waals surface area contributed by atoms with Crippen molar-refractivity contribution >= 4 is 28.9 Å². The zero-order chi connectivity index (χ0) is 16.2. The lowest BCUT2D eigenvalue weighted by Gasteiger charge is -2.31. The van der Waals surface area contributed by atoms with Gasteiger partial charge in [-0.05, 0) is 30.7 Å². The molecule has 1 aliphatic heterocycles. The van der Waals surface area contributed by atoms with Gasteiger partial charge in [0.15, 0.2) is 0 Å². The average molecular weight is 331 g/mol. The number of ether oxygens (including phenoxy) is 1. The number of benzene rings is 2. The first-order valence-electron chi connectivity index (χ1n) is 7.65. The van der Waals surface area contributed by atoms with E-state index in [1.165, 1.54) is 0 Å². The van der Waals surface area contributed by atoms with Crippen molar-refractivity contribution in [3.05, 3.63) is 58.6 Å². The SMILES string of the molecule is Cc1ccccc1C(=O)Nc1cccc(Cl)c1N1CCOCC1. The number of nitrogens with one attached hydrogen (secondary N) is 1. The van der Waals surface area contributed by atoms with Crippen LogP contribution in [0.4, 0.5) is 11.4 Å². The average Bonchev–Trinajstić information content (AvgIpc) is 2.56. The van der Waals surface area contributed by atoms with E-state index in [4.69, 9.17) is 16.3 Å². The quantitative estimate of drug-likeness (QED) is 0.932. The summed E-state index contributed by atoms with van der Waals surface area (Å²) in [6, 6.07) is 13.1. The lowest BCUT2D eigenvalue weighted by atomic mass is 10.1. The van der Waals surface area contributed by atoms with Gasteiger partial charge >= 0.3 is 0 Å². The molecule has 2 aromatic rings. The van der Waals surface area contributed by atoms with Crippen molar-refractivity contribution in [3.63, 3.8) is 0 Å². The van der Waals surface area contributed by atoms with Crippen LogP contribution in [0.2, 0.25) is 5.02 Å². The highest BCUT2D eigenvalue weighted by Crippen LogP contribution is 2.34. The summed E-state index contributed by atoms with van der Waals surface area (Å²) in [4.78, 5) is 14.7. The number of rotatable bonds is 3. The maximum atomic E-state index is 12.6. The Morgan fingerprint density at radius 3 is 2.61 bits per heavy atom. The zero-order valence-electron chi connectivity index (χ0n) is 13.0. The van der Waals surface area contributed by atoms with Crippen molar-refractivity contribution in [2.75, 3.05) is 36.5 Å². The van der Waals surface area contributed by atoms with Crippen LogP contribution in [0.5, 0.6) is 0 Å². The van der Waals surface area contributed by atoms with Crippen molar-refractivity contribution in [2.45, 2.75) is 6.92 Å². The number of morpholine rings is 1. The van der Waals surface area contributed by atoms with E-state index in [0.29, 0.717) is 23.8 Å². The van der Waals surface area contributed by atoms with Crippen LogP contribution in [-0.4, -0.2) is 32.2 Å². The summed E-state index contributed by atoms with van der Waals surface area (Å²) in [5.74, 6) is -0.125. The van der Waals surface area contributed by atoms with Crippen molar-refractivity contribution in [1.29, 1.82) is 0 Å². The van der Waals surface area contributed by atoms with Crippen LogP contribution in [0.25, 0.3) is 0 Å². The first-order chi connectivity index (χ1) is 11.2. The fraction of sp³-hybridized carbons (Fsp3) is 0.278. The Bertz CT molecular complexity index is 712. The Morgan fingerprint density at radius 2 is 1.87 bits per heavy atom. The first-order valence-corrected chi connectivity index (χ1v) is 8.03. The topological polar surface area (TPSA) is 41.6 Å². The molecular weight excluding hydrogens is 312 g/mol. The number of para-hydroxylation sites is 1. The minimum atomic E-state index is -0.125. The predicted molar refractivity (Wildman–Crippen MR) is 93.6 cm³/mol. The molecule has 120 valence electrons. The van der Waals surface area contributed by atoms with Gasteiger partial charge in [-0.25, -0.2) is 0 Å². The summed E-state index contributed by atoms with van der Waals surface area (Å²) in [5.41, 5.74) is 3.20. The lowest BCUT2D eigenvalue weighted by molar-refractivity contribution is 0.102. The third-order valence-electron chi connectivity index (χ3n) is 3.95. The molecule has 1 aliphatic rings. The zero-order valence-corrected chi connectivity index (χ0v) is 13.8. The van der Waals surface area contributed by atoms with Crippen LogP contribution in [0.15, 0.2) is 42.5 Å². The predicted octanol–water partition coefficient (Wildman–Crippen LogP) is 3.74. The largest absolute Gasteiger partial charge is 0.378 e. The monoisotopic (exact) mass is 330 g/mol. The number of amides is 1. The third-order valence-corrected chi connectivity index (χ3v) is 4.26. The summed E-state index contributed by atoms with van der Waals surface area (Å²) in [6.07, 6.45) is 0. The van der Waals surface area contributed by atoms with Crippen LogP contribution in [-0.2, 0) is 4.74 Å². The Kier molecular flexibility index (Phi) is 4.84. The fourth-order valence-corrected chi connectivity index (χ4v) is 3.04. The molecule has 0 spiro atoms. The van der Waals surface area contributed by atoms with E-state index in [-0.39, 0.29) is 5.91 Å².